The predicted molar refractivity (Wildman–Crippen MR) is 84.0 cm³/mol. The van der Waals surface area contributed by atoms with E-state index in [2.05, 4.69) is 10.1 Å². The van der Waals surface area contributed by atoms with Crippen LogP contribution in [-0.2, 0) is 12.1 Å². The van der Waals surface area contributed by atoms with E-state index < -0.39 is 23.0 Å². The molecule has 0 fully saturated rings. The molecule has 2 N–H and O–H groups in total. The second-order valence-electron chi connectivity index (χ2n) is 5.46. The highest BCUT2D eigenvalue weighted by molar-refractivity contribution is 5.47. The van der Waals surface area contributed by atoms with E-state index in [1.807, 2.05) is 0 Å². The number of aliphatic hydroxyl groups is 1. The average Bonchev–Trinajstić information content (AvgIpc) is 3.08. The average molecular weight is 347 g/mol. The van der Waals surface area contributed by atoms with Crippen LogP contribution in [-0.4, -0.2) is 32.1 Å². The Balaban J connectivity index is 2.19. The fraction of sp³-hybridized carbons (Fsp3) is 0.176. The summed E-state index contributed by atoms with van der Waals surface area (Å²) < 4.78 is 34.2. The molecule has 1 atom stereocenters. The molecule has 3 rings (SSSR count). The predicted octanol–water partition coefficient (Wildman–Crippen LogP) is 2.21. The molecule has 0 aliphatic carbocycles. The van der Waals surface area contributed by atoms with Gasteiger partial charge in [-0.1, -0.05) is 12.1 Å². The van der Waals surface area contributed by atoms with Crippen molar-refractivity contribution in [1.29, 1.82) is 0 Å². The normalized spacial score (nSPS) is 13.4. The molecule has 2 aromatic carbocycles. The summed E-state index contributed by atoms with van der Waals surface area (Å²) in [6.45, 7) is -0.177. The molecule has 8 heteroatoms. The lowest BCUT2D eigenvalue weighted by Gasteiger charge is -2.30. The SMILES string of the molecule is COc1cc(C(O)(Cn2cncn2)c2ccc(F)cc2)c(F)cc1O. The minimum absolute atomic E-state index is 0.00414. The van der Waals surface area contributed by atoms with Crippen molar-refractivity contribution in [1.82, 2.24) is 14.8 Å². The number of methoxy groups -OCH3 is 1. The van der Waals surface area contributed by atoms with Gasteiger partial charge in [-0.05, 0) is 23.8 Å². The number of benzene rings is 2. The molecule has 0 radical (unpaired) electrons. The zero-order valence-corrected chi connectivity index (χ0v) is 13.2. The summed E-state index contributed by atoms with van der Waals surface area (Å²) in [5.41, 5.74) is -1.80. The van der Waals surface area contributed by atoms with Gasteiger partial charge in [-0.25, -0.2) is 18.4 Å². The van der Waals surface area contributed by atoms with E-state index in [1.165, 1.54) is 42.6 Å². The summed E-state index contributed by atoms with van der Waals surface area (Å²) in [6.07, 6.45) is 2.64. The molecule has 0 aliphatic rings. The van der Waals surface area contributed by atoms with Gasteiger partial charge < -0.3 is 14.9 Å². The third kappa shape index (κ3) is 3.16. The van der Waals surface area contributed by atoms with Gasteiger partial charge in [0.25, 0.3) is 0 Å². The van der Waals surface area contributed by atoms with Gasteiger partial charge in [0, 0.05) is 11.6 Å². The van der Waals surface area contributed by atoms with Crippen LogP contribution in [0.4, 0.5) is 8.78 Å². The Morgan fingerprint density at radius 3 is 2.52 bits per heavy atom. The Bertz CT molecular complexity index is 870. The first kappa shape index (κ1) is 16.8. The van der Waals surface area contributed by atoms with E-state index in [9.17, 15) is 19.0 Å². The number of nitrogens with zero attached hydrogens (tertiary/aromatic N) is 3. The highest BCUT2D eigenvalue weighted by atomic mass is 19.1. The topological polar surface area (TPSA) is 80.4 Å². The lowest BCUT2D eigenvalue weighted by atomic mass is 9.85. The van der Waals surface area contributed by atoms with Crippen LogP contribution >= 0.6 is 0 Å². The quantitative estimate of drug-likeness (QED) is 0.740. The molecule has 0 amide bonds. The van der Waals surface area contributed by atoms with E-state index >= 15 is 0 Å². The van der Waals surface area contributed by atoms with Crippen molar-refractivity contribution in [2.24, 2.45) is 0 Å². The van der Waals surface area contributed by atoms with Crippen molar-refractivity contribution in [2.45, 2.75) is 12.1 Å². The van der Waals surface area contributed by atoms with Crippen molar-refractivity contribution in [3.63, 3.8) is 0 Å². The monoisotopic (exact) mass is 347 g/mol. The molecule has 0 bridgehead atoms. The molecular weight excluding hydrogens is 332 g/mol. The zero-order chi connectivity index (χ0) is 18.0. The smallest absolute Gasteiger partial charge is 0.161 e. The second kappa shape index (κ2) is 6.48. The lowest BCUT2D eigenvalue weighted by Crippen LogP contribution is -2.34. The molecule has 6 nitrogen and oxygen atoms in total. The van der Waals surface area contributed by atoms with E-state index in [4.69, 9.17) is 4.74 Å². The maximum Gasteiger partial charge on any atom is 0.161 e. The molecular formula is C17H15F2N3O3. The van der Waals surface area contributed by atoms with E-state index in [-0.39, 0.29) is 23.4 Å². The standard InChI is InChI=1S/C17H15F2N3O3/c1-25-16-6-13(14(19)7-15(16)23)17(24,8-22-10-20-9-21-22)11-2-4-12(18)5-3-11/h2-7,9-10,23-24H,8H2,1H3. The molecule has 1 heterocycles. The fourth-order valence-electron chi connectivity index (χ4n) is 2.63. The summed E-state index contributed by atoms with van der Waals surface area (Å²) in [5, 5.41) is 25.0. The van der Waals surface area contributed by atoms with Gasteiger partial charge in [0.05, 0.1) is 13.7 Å². The van der Waals surface area contributed by atoms with Gasteiger partial charge in [-0.2, -0.15) is 5.10 Å². The zero-order valence-electron chi connectivity index (χ0n) is 13.2. The number of halogens is 2. The molecule has 1 unspecified atom stereocenters. The van der Waals surface area contributed by atoms with Gasteiger partial charge in [0.15, 0.2) is 11.5 Å². The van der Waals surface area contributed by atoms with Crippen LogP contribution in [0.3, 0.4) is 0 Å². The first-order chi connectivity index (χ1) is 11.9. The van der Waals surface area contributed by atoms with Gasteiger partial charge in [-0.15, -0.1) is 0 Å². The third-order valence-electron chi connectivity index (χ3n) is 3.89. The second-order valence-corrected chi connectivity index (χ2v) is 5.46. The van der Waals surface area contributed by atoms with Crippen LogP contribution in [0, 0.1) is 11.6 Å². The van der Waals surface area contributed by atoms with Gasteiger partial charge in [0.1, 0.15) is 29.9 Å². The minimum atomic E-state index is -1.90. The van der Waals surface area contributed by atoms with Crippen molar-refractivity contribution in [3.05, 3.63) is 71.8 Å². The number of ether oxygens (including phenoxy) is 1. The van der Waals surface area contributed by atoms with Crippen LogP contribution in [0.15, 0.2) is 49.1 Å². The van der Waals surface area contributed by atoms with Gasteiger partial charge in [-0.3, -0.25) is 0 Å². The van der Waals surface area contributed by atoms with Crippen LogP contribution in [0.2, 0.25) is 0 Å². The number of hydrogen-bond acceptors (Lipinski definition) is 5. The number of aromatic hydroxyl groups is 1. The molecule has 0 spiro atoms. The van der Waals surface area contributed by atoms with Gasteiger partial charge in [0.2, 0.25) is 0 Å². The van der Waals surface area contributed by atoms with Crippen molar-refractivity contribution < 1.29 is 23.7 Å². The minimum Gasteiger partial charge on any atom is -0.504 e. The number of phenolic OH excluding ortho intramolecular Hbond substituents is 1. The van der Waals surface area contributed by atoms with E-state index in [0.717, 1.165) is 18.2 Å². The number of rotatable bonds is 5. The Morgan fingerprint density at radius 1 is 1.20 bits per heavy atom. The Kier molecular flexibility index (Phi) is 4.37. The first-order valence-corrected chi connectivity index (χ1v) is 7.32. The molecule has 0 aliphatic heterocycles. The Morgan fingerprint density at radius 2 is 1.92 bits per heavy atom. The highest BCUT2D eigenvalue weighted by Gasteiger charge is 2.36. The molecule has 25 heavy (non-hydrogen) atoms. The molecule has 1 aromatic heterocycles. The first-order valence-electron chi connectivity index (χ1n) is 7.32. The van der Waals surface area contributed by atoms with Crippen LogP contribution in [0.5, 0.6) is 11.5 Å². The molecule has 0 saturated heterocycles. The Hall–Kier alpha value is -3.00. The van der Waals surface area contributed by atoms with E-state index in [0.29, 0.717) is 0 Å². The maximum atomic E-state index is 14.6. The molecule has 0 saturated carbocycles. The van der Waals surface area contributed by atoms with Crippen molar-refractivity contribution >= 4 is 0 Å². The largest absolute Gasteiger partial charge is 0.504 e. The number of phenols is 1. The van der Waals surface area contributed by atoms with Crippen LogP contribution < -0.4 is 4.74 Å². The van der Waals surface area contributed by atoms with Crippen molar-refractivity contribution in [3.8, 4) is 11.5 Å². The molecule has 3 aromatic rings. The summed E-state index contributed by atoms with van der Waals surface area (Å²) in [7, 11) is 1.31. The molecule has 130 valence electrons. The summed E-state index contributed by atoms with van der Waals surface area (Å²) in [4.78, 5) is 3.80. The van der Waals surface area contributed by atoms with Crippen LogP contribution in [0.1, 0.15) is 11.1 Å². The summed E-state index contributed by atoms with van der Waals surface area (Å²) in [5.74, 6) is -1.73. The van der Waals surface area contributed by atoms with E-state index in [1.54, 1.807) is 0 Å². The Labute approximate surface area is 142 Å². The summed E-state index contributed by atoms with van der Waals surface area (Å²) >= 11 is 0. The number of aromatic nitrogens is 3. The van der Waals surface area contributed by atoms with Crippen molar-refractivity contribution in [2.75, 3.05) is 7.11 Å². The van der Waals surface area contributed by atoms with Crippen LogP contribution in [0.25, 0.3) is 0 Å². The summed E-state index contributed by atoms with van der Waals surface area (Å²) in [6, 6.07) is 7.08. The fourth-order valence-corrected chi connectivity index (χ4v) is 2.63. The lowest BCUT2D eigenvalue weighted by molar-refractivity contribution is 0.0532. The van der Waals surface area contributed by atoms with Gasteiger partial charge >= 0.3 is 0 Å². The highest BCUT2D eigenvalue weighted by Crippen LogP contribution is 2.38. The third-order valence-corrected chi connectivity index (χ3v) is 3.89. The maximum absolute atomic E-state index is 14.6. The number of hydrogen-bond donors (Lipinski definition) is 2.